The molecule has 0 saturated carbocycles. The minimum atomic E-state index is -1.04. The molecular formula is C11H15N3O2. The minimum Gasteiger partial charge on any atom is -0.476 e. The number of rotatable bonds is 3. The fourth-order valence-electron chi connectivity index (χ4n) is 1.97. The van der Waals surface area contributed by atoms with Gasteiger partial charge in [0.1, 0.15) is 5.82 Å². The molecule has 1 aromatic heterocycles. The lowest BCUT2D eigenvalue weighted by molar-refractivity contribution is 0.0690. The zero-order valence-corrected chi connectivity index (χ0v) is 9.26. The van der Waals surface area contributed by atoms with Crippen molar-refractivity contribution in [3.05, 3.63) is 18.1 Å². The van der Waals surface area contributed by atoms with Crippen LogP contribution in [0.3, 0.4) is 0 Å². The van der Waals surface area contributed by atoms with Gasteiger partial charge in [0.15, 0.2) is 5.69 Å². The predicted octanol–water partition coefficient (Wildman–Crippen LogP) is 1.41. The van der Waals surface area contributed by atoms with Gasteiger partial charge in [-0.1, -0.05) is 13.3 Å². The number of carboxylic acids is 1. The molecule has 0 bridgehead atoms. The molecule has 5 heteroatoms. The first-order valence-electron chi connectivity index (χ1n) is 5.51. The van der Waals surface area contributed by atoms with Crippen LogP contribution in [0, 0.1) is 5.92 Å². The summed E-state index contributed by atoms with van der Waals surface area (Å²) in [5.74, 6) is 0.466. The van der Waals surface area contributed by atoms with Gasteiger partial charge in [0.05, 0.1) is 12.4 Å². The fourth-order valence-corrected chi connectivity index (χ4v) is 1.97. The Morgan fingerprint density at radius 2 is 2.38 bits per heavy atom. The maximum Gasteiger partial charge on any atom is 0.356 e. The van der Waals surface area contributed by atoms with Gasteiger partial charge >= 0.3 is 5.97 Å². The van der Waals surface area contributed by atoms with Crippen LogP contribution in [0.5, 0.6) is 0 Å². The van der Waals surface area contributed by atoms with Crippen molar-refractivity contribution in [2.75, 3.05) is 18.0 Å². The third-order valence-electron chi connectivity index (χ3n) is 3.04. The lowest BCUT2D eigenvalue weighted by Gasteiger charge is -2.16. The van der Waals surface area contributed by atoms with Crippen molar-refractivity contribution in [3.8, 4) is 0 Å². The van der Waals surface area contributed by atoms with Gasteiger partial charge in [0.2, 0.25) is 0 Å². The van der Waals surface area contributed by atoms with Gasteiger partial charge in [-0.15, -0.1) is 0 Å². The molecule has 1 aromatic rings. The van der Waals surface area contributed by atoms with Crippen molar-refractivity contribution in [2.24, 2.45) is 5.92 Å². The molecule has 1 aliphatic rings. The maximum atomic E-state index is 10.6. The molecule has 1 unspecified atom stereocenters. The van der Waals surface area contributed by atoms with Crippen molar-refractivity contribution in [1.29, 1.82) is 0 Å². The molecule has 2 rings (SSSR count). The summed E-state index contributed by atoms with van der Waals surface area (Å²) in [6, 6.07) is 0. The second-order valence-corrected chi connectivity index (χ2v) is 4.07. The quantitative estimate of drug-likeness (QED) is 0.836. The number of carbonyl (C=O) groups is 1. The summed E-state index contributed by atoms with van der Waals surface area (Å²) in [6.45, 7) is 4.17. The molecule has 1 atom stereocenters. The van der Waals surface area contributed by atoms with Crippen LogP contribution in [0.4, 0.5) is 5.82 Å². The normalized spacial score (nSPS) is 20.1. The Hall–Kier alpha value is -1.65. The van der Waals surface area contributed by atoms with Gasteiger partial charge < -0.3 is 10.0 Å². The summed E-state index contributed by atoms with van der Waals surface area (Å²) in [5, 5.41) is 8.71. The molecular weight excluding hydrogens is 206 g/mol. The smallest absolute Gasteiger partial charge is 0.356 e. The van der Waals surface area contributed by atoms with E-state index in [-0.39, 0.29) is 5.69 Å². The highest BCUT2D eigenvalue weighted by molar-refractivity contribution is 5.84. The SMILES string of the molecule is CCC1CCN(c2cnc(C(=O)O)cn2)C1. The Balaban J connectivity index is 2.08. The molecule has 0 radical (unpaired) electrons. The molecule has 0 amide bonds. The average molecular weight is 221 g/mol. The van der Waals surface area contributed by atoms with Crippen LogP contribution in [0.2, 0.25) is 0 Å². The minimum absolute atomic E-state index is 0.00464. The van der Waals surface area contributed by atoms with E-state index in [9.17, 15) is 4.79 Å². The molecule has 2 heterocycles. The molecule has 1 N–H and O–H groups in total. The van der Waals surface area contributed by atoms with Crippen molar-refractivity contribution in [3.63, 3.8) is 0 Å². The topological polar surface area (TPSA) is 66.3 Å². The monoisotopic (exact) mass is 221 g/mol. The van der Waals surface area contributed by atoms with Gasteiger partial charge in [-0.2, -0.15) is 0 Å². The lowest BCUT2D eigenvalue weighted by atomic mass is 10.1. The van der Waals surface area contributed by atoms with Crippen molar-refractivity contribution in [2.45, 2.75) is 19.8 Å². The zero-order chi connectivity index (χ0) is 11.5. The van der Waals surface area contributed by atoms with Gasteiger partial charge in [0, 0.05) is 13.1 Å². The average Bonchev–Trinajstić information content (AvgIpc) is 2.77. The van der Waals surface area contributed by atoms with Crippen molar-refractivity contribution >= 4 is 11.8 Å². The molecule has 0 spiro atoms. The van der Waals surface area contributed by atoms with Crippen LogP contribution in [0.25, 0.3) is 0 Å². The third-order valence-corrected chi connectivity index (χ3v) is 3.04. The van der Waals surface area contributed by atoms with E-state index in [0.29, 0.717) is 0 Å². The van der Waals surface area contributed by atoms with Gasteiger partial charge in [-0.25, -0.2) is 14.8 Å². The van der Waals surface area contributed by atoms with Crippen LogP contribution in [0.15, 0.2) is 12.4 Å². The van der Waals surface area contributed by atoms with E-state index in [0.717, 1.165) is 24.8 Å². The van der Waals surface area contributed by atoms with Crippen molar-refractivity contribution < 1.29 is 9.90 Å². The highest BCUT2D eigenvalue weighted by Gasteiger charge is 2.22. The second-order valence-electron chi connectivity index (χ2n) is 4.07. The van der Waals surface area contributed by atoms with Gasteiger partial charge in [-0.05, 0) is 12.3 Å². The first-order valence-corrected chi connectivity index (χ1v) is 5.51. The zero-order valence-electron chi connectivity index (χ0n) is 9.26. The Bertz CT molecular complexity index is 377. The maximum absolute atomic E-state index is 10.6. The molecule has 1 aliphatic heterocycles. The highest BCUT2D eigenvalue weighted by atomic mass is 16.4. The first kappa shape index (κ1) is 10.9. The Labute approximate surface area is 94.1 Å². The molecule has 16 heavy (non-hydrogen) atoms. The Morgan fingerprint density at radius 3 is 2.88 bits per heavy atom. The van der Waals surface area contributed by atoms with Gasteiger partial charge in [-0.3, -0.25) is 0 Å². The van der Waals surface area contributed by atoms with Crippen LogP contribution < -0.4 is 4.90 Å². The first-order chi connectivity index (χ1) is 7.70. The van der Waals surface area contributed by atoms with E-state index in [4.69, 9.17) is 5.11 Å². The summed E-state index contributed by atoms with van der Waals surface area (Å²) in [5.41, 5.74) is -0.00464. The van der Waals surface area contributed by atoms with Crippen LogP contribution >= 0.6 is 0 Å². The molecule has 1 saturated heterocycles. The van der Waals surface area contributed by atoms with Crippen LogP contribution in [0.1, 0.15) is 30.3 Å². The Morgan fingerprint density at radius 1 is 1.56 bits per heavy atom. The van der Waals surface area contributed by atoms with Crippen LogP contribution in [-0.2, 0) is 0 Å². The molecule has 1 fully saturated rings. The van der Waals surface area contributed by atoms with E-state index in [1.807, 2.05) is 0 Å². The number of aromatic carboxylic acids is 1. The number of anilines is 1. The fraction of sp³-hybridized carbons (Fsp3) is 0.545. The van der Waals surface area contributed by atoms with E-state index < -0.39 is 5.97 Å². The molecule has 0 aliphatic carbocycles. The standard InChI is InChI=1S/C11H15N3O2/c1-2-8-3-4-14(7-8)10-6-12-9(5-13-10)11(15)16/h5-6,8H,2-4,7H2,1H3,(H,15,16). The van der Waals surface area contributed by atoms with E-state index >= 15 is 0 Å². The Kier molecular flexibility index (Phi) is 3.03. The highest BCUT2D eigenvalue weighted by Crippen LogP contribution is 2.23. The van der Waals surface area contributed by atoms with E-state index in [1.54, 1.807) is 6.20 Å². The summed E-state index contributed by atoms with van der Waals surface area (Å²) in [6.07, 6.45) is 5.22. The number of hydrogen-bond donors (Lipinski definition) is 1. The number of aromatic nitrogens is 2. The molecule has 86 valence electrons. The lowest BCUT2D eigenvalue weighted by Crippen LogP contribution is -2.21. The molecule has 0 aromatic carbocycles. The largest absolute Gasteiger partial charge is 0.476 e. The van der Waals surface area contributed by atoms with Crippen LogP contribution in [-0.4, -0.2) is 34.1 Å². The second kappa shape index (κ2) is 4.47. The third kappa shape index (κ3) is 2.13. The van der Waals surface area contributed by atoms with E-state index in [1.165, 1.54) is 19.0 Å². The number of hydrogen-bond acceptors (Lipinski definition) is 4. The van der Waals surface area contributed by atoms with Gasteiger partial charge in [0.25, 0.3) is 0 Å². The van der Waals surface area contributed by atoms with E-state index in [2.05, 4.69) is 21.8 Å². The van der Waals surface area contributed by atoms with Crippen molar-refractivity contribution in [1.82, 2.24) is 9.97 Å². The summed E-state index contributed by atoms with van der Waals surface area (Å²) in [4.78, 5) is 20.8. The summed E-state index contributed by atoms with van der Waals surface area (Å²) in [7, 11) is 0. The summed E-state index contributed by atoms with van der Waals surface area (Å²) >= 11 is 0. The number of nitrogens with zero attached hydrogens (tertiary/aromatic N) is 3. The predicted molar refractivity (Wildman–Crippen MR) is 59.6 cm³/mol. The summed E-state index contributed by atoms with van der Waals surface area (Å²) < 4.78 is 0. The molecule has 5 nitrogen and oxygen atoms in total. The number of carboxylic acid groups (broad SMARTS) is 1.